The monoisotopic (exact) mass is 599 g/mol. The van der Waals surface area contributed by atoms with Crippen LogP contribution in [0, 0.1) is 5.95 Å². The Morgan fingerprint density at radius 1 is 1.05 bits per heavy atom. The Balaban J connectivity index is 1.52. The number of hydrogen-bond donors (Lipinski definition) is 3. The van der Waals surface area contributed by atoms with Crippen LogP contribution in [0.25, 0.3) is 22.0 Å². The first kappa shape index (κ1) is 31.6. The molecule has 0 aliphatic heterocycles. The summed E-state index contributed by atoms with van der Waals surface area (Å²) in [6.45, 7) is 1.61. The summed E-state index contributed by atoms with van der Waals surface area (Å²) in [5, 5.41) is 18.4. The number of fused-ring (bicyclic) bond motifs is 1. The number of H-pyrrole nitrogens is 1. The van der Waals surface area contributed by atoms with E-state index >= 15 is 0 Å². The standard InChI is InChI=1S/C31H33F4N5O3/c1-40(15-16-41)28(42)8-5-13-36-14-17-43-27-12-10-23(20-37-27)29(22-9-11-26-24(18-22)30(32)39-38-26)25(19-31(33,34)35)21-6-3-2-4-7-21/h2-4,6-7,9-12,18,20,36,41H,5,8,13-17,19H2,1H3,(H,38,39). The third-order valence-electron chi connectivity index (χ3n) is 6.76. The Kier molecular flexibility index (Phi) is 10.8. The highest BCUT2D eigenvalue weighted by Crippen LogP contribution is 2.40. The number of carbonyl (C=O) groups excluding carboxylic acids is 1. The number of halogens is 4. The summed E-state index contributed by atoms with van der Waals surface area (Å²) >= 11 is 0. The number of amides is 1. The lowest BCUT2D eigenvalue weighted by Crippen LogP contribution is -2.30. The summed E-state index contributed by atoms with van der Waals surface area (Å²) in [7, 11) is 1.65. The number of aliphatic hydroxyl groups excluding tert-OH is 1. The quantitative estimate of drug-likeness (QED) is 0.105. The van der Waals surface area contributed by atoms with Crippen molar-refractivity contribution in [3.05, 3.63) is 89.5 Å². The number of nitrogens with one attached hydrogen (secondary N) is 2. The molecule has 3 N–H and O–H groups in total. The minimum Gasteiger partial charge on any atom is -0.476 e. The number of hydrogen-bond acceptors (Lipinski definition) is 6. The van der Waals surface area contributed by atoms with Crippen molar-refractivity contribution in [3.8, 4) is 5.88 Å². The second kappa shape index (κ2) is 14.7. The number of pyridine rings is 1. The van der Waals surface area contributed by atoms with Crippen molar-refractivity contribution < 1.29 is 32.2 Å². The summed E-state index contributed by atoms with van der Waals surface area (Å²) in [5.74, 6) is -0.422. The Morgan fingerprint density at radius 3 is 2.51 bits per heavy atom. The van der Waals surface area contributed by atoms with Gasteiger partial charge < -0.3 is 20.1 Å². The van der Waals surface area contributed by atoms with Gasteiger partial charge in [0.25, 0.3) is 0 Å². The molecule has 0 aliphatic carbocycles. The predicted octanol–water partition coefficient (Wildman–Crippen LogP) is 5.21. The zero-order chi connectivity index (χ0) is 30.8. The maximum atomic E-state index is 14.4. The first-order valence-corrected chi connectivity index (χ1v) is 13.8. The van der Waals surface area contributed by atoms with Gasteiger partial charge in [-0.1, -0.05) is 36.4 Å². The number of rotatable bonds is 14. The lowest BCUT2D eigenvalue weighted by Gasteiger charge is -2.19. The van der Waals surface area contributed by atoms with Gasteiger partial charge in [0.05, 0.1) is 23.9 Å². The second-order valence-electron chi connectivity index (χ2n) is 9.91. The molecule has 2 heterocycles. The zero-order valence-electron chi connectivity index (χ0n) is 23.6. The number of aromatic nitrogens is 3. The summed E-state index contributed by atoms with van der Waals surface area (Å²) in [6, 6.07) is 16.1. The normalized spacial score (nSPS) is 12.3. The van der Waals surface area contributed by atoms with Crippen LogP contribution in [0.5, 0.6) is 5.88 Å². The van der Waals surface area contributed by atoms with Crippen LogP contribution in [0.3, 0.4) is 0 Å². The van der Waals surface area contributed by atoms with E-state index in [1.165, 1.54) is 17.2 Å². The Morgan fingerprint density at radius 2 is 1.81 bits per heavy atom. The van der Waals surface area contributed by atoms with Crippen molar-refractivity contribution in [3.63, 3.8) is 0 Å². The number of alkyl halides is 3. The van der Waals surface area contributed by atoms with Crippen LogP contribution in [-0.2, 0) is 4.79 Å². The number of carbonyl (C=O) groups is 1. The lowest BCUT2D eigenvalue weighted by atomic mass is 9.88. The van der Waals surface area contributed by atoms with E-state index in [0.29, 0.717) is 60.6 Å². The van der Waals surface area contributed by atoms with Gasteiger partial charge in [-0.2, -0.15) is 22.7 Å². The summed E-state index contributed by atoms with van der Waals surface area (Å²) in [4.78, 5) is 17.7. The molecule has 2 aromatic heterocycles. The third-order valence-corrected chi connectivity index (χ3v) is 6.76. The molecule has 0 spiro atoms. The molecule has 4 rings (SSSR count). The van der Waals surface area contributed by atoms with Crippen molar-refractivity contribution in [2.45, 2.75) is 25.4 Å². The van der Waals surface area contributed by atoms with E-state index in [0.717, 1.165) is 0 Å². The average Bonchev–Trinajstić information content (AvgIpc) is 3.36. The van der Waals surface area contributed by atoms with Gasteiger partial charge in [-0.15, -0.1) is 0 Å². The molecular weight excluding hydrogens is 566 g/mol. The Hall–Kier alpha value is -4.29. The number of aliphatic hydroxyl groups is 1. The fourth-order valence-corrected chi connectivity index (χ4v) is 4.62. The molecule has 0 radical (unpaired) electrons. The van der Waals surface area contributed by atoms with Crippen molar-refractivity contribution in [1.82, 2.24) is 25.4 Å². The molecule has 228 valence electrons. The van der Waals surface area contributed by atoms with E-state index < -0.39 is 18.5 Å². The Labute approximate surface area is 246 Å². The maximum absolute atomic E-state index is 14.4. The van der Waals surface area contributed by atoms with E-state index in [-0.39, 0.29) is 35.7 Å². The number of likely N-dealkylation sites (N-methyl/N-ethyl adjacent to an activating group) is 1. The van der Waals surface area contributed by atoms with Gasteiger partial charge in [0.15, 0.2) is 0 Å². The van der Waals surface area contributed by atoms with E-state index in [2.05, 4.69) is 20.5 Å². The molecule has 43 heavy (non-hydrogen) atoms. The first-order valence-electron chi connectivity index (χ1n) is 13.8. The highest BCUT2D eigenvalue weighted by molar-refractivity contribution is 6.00. The van der Waals surface area contributed by atoms with Gasteiger partial charge >= 0.3 is 6.18 Å². The van der Waals surface area contributed by atoms with Gasteiger partial charge in [-0.05, 0) is 53.4 Å². The molecule has 0 saturated carbocycles. The molecule has 0 unspecified atom stereocenters. The first-order chi connectivity index (χ1) is 20.7. The van der Waals surface area contributed by atoms with Crippen LogP contribution < -0.4 is 10.1 Å². The van der Waals surface area contributed by atoms with Crippen molar-refractivity contribution in [1.29, 1.82) is 0 Å². The number of nitrogens with zero attached hydrogens (tertiary/aromatic N) is 3. The van der Waals surface area contributed by atoms with Crippen LogP contribution >= 0.6 is 0 Å². The van der Waals surface area contributed by atoms with Gasteiger partial charge in [0.2, 0.25) is 17.7 Å². The largest absolute Gasteiger partial charge is 0.476 e. The predicted molar refractivity (Wildman–Crippen MR) is 156 cm³/mol. The fourth-order valence-electron chi connectivity index (χ4n) is 4.62. The van der Waals surface area contributed by atoms with Gasteiger partial charge in [0, 0.05) is 44.4 Å². The topological polar surface area (TPSA) is 103 Å². The lowest BCUT2D eigenvalue weighted by molar-refractivity contribution is -0.130. The van der Waals surface area contributed by atoms with Crippen LogP contribution in [0.4, 0.5) is 17.6 Å². The molecule has 4 aromatic rings. The number of aromatic amines is 1. The maximum Gasteiger partial charge on any atom is 0.393 e. The zero-order valence-corrected chi connectivity index (χ0v) is 23.6. The molecule has 8 nitrogen and oxygen atoms in total. The van der Waals surface area contributed by atoms with Crippen molar-refractivity contribution in [2.75, 3.05) is 39.9 Å². The molecule has 0 saturated heterocycles. The van der Waals surface area contributed by atoms with Crippen LogP contribution in [-0.4, -0.2) is 77.2 Å². The fraction of sp³-hybridized carbons (Fsp3) is 0.323. The van der Waals surface area contributed by atoms with Crippen molar-refractivity contribution >= 4 is 28.0 Å². The van der Waals surface area contributed by atoms with E-state index in [4.69, 9.17) is 9.84 Å². The second-order valence-corrected chi connectivity index (χ2v) is 9.91. The van der Waals surface area contributed by atoms with Crippen LogP contribution in [0.1, 0.15) is 36.0 Å². The molecule has 0 fully saturated rings. The van der Waals surface area contributed by atoms with Crippen LogP contribution in [0.15, 0.2) is 66.9 Å². The van der Waals surface area contributed by atoms with Crippen LogP contribution in [0.2, 0.25) is 0 Å². The van der Waals surface area contributed by atoms with Gasteiger partial charge in [-0.25, -0.2) is 4.98 Å². The molecule has 1 amide bonds. The summed E-state index contributed by atoms with van der Waals surface area (Å²) in [6.07, 6.45) is -3.27. The molecule has 2 aromatic carbocycles. The van der Waals surface area contributed by atoms with E-state index in [1.54, 1.807) is 61.6 Å². The van der Waals surface area contributed by atoms with E-state index in [9.17, 15) is 22.4 Å². The molecule has 0 aliphatic rings. The number of allylic oxidation sites excluding steroid dienone is 1. The highest BCUT2D eigenvalue weighted by Gasteiger charge is 2.31. The third kappa shape index (κ3) is 8.85. The SMILES string of the molecule is CN(CCO)C(=O)CCCNCCOc1ccc(C(=C(CC(F)(F)F)c2ccccc2)c2ccc3n[nH]c(F)c3c2)cn1. The van der Waals surface area contributed by atoms with Gasteiger partial charge in [-0.3, -0.25) is 9.89 Å². The summed E-state index contributed by atoms with van der Waals surface area (Å²) < 4.78 is 61.8. The average molecular weight is 600 g/mol. The molecular formula is C31H33F4N5O3. The minimum absolute atomic E-state index is 0.0251. The smallest absolute Gasteiger partial charge is 0.393 e. The number of benzene rings is 2. The minimum atomic E-state index is -4.51. The summed E-state index contributed by atoms with van der Waals surface area (Å²) in [5.41, 5.74) is 1.83. The highest BCUT2D eigenvalue weighted by atomic mass is 19.4. The van der Waals surface area contributed by atoms with E-state index in [1.807, 2.05) is 0 Å². The molecule has 0 bridgehead atoms. The van der Waals surface area contributed by atoms with Crippen molar-refractivity contribution in [2.24, 2.45) is 0 Å². The Bertz CT molecular complexity index is 1520. The number of ether oxygens (including phenoxy) is 1. The van der Waals surface area contributed by atoms with Gasteiger partial charge in [0.1, 0.15) is 6.61 Å². The molecule has 0 atom stereocenters. The molecule has 12 heteroatoms.